The predicted octanol–water partition coefficient (Wildman–Crippen LogP) is 5.05. The Hall–Kier alpha value is -2.07. The van der Waals surface area contributed by atoms with Gasteiger partial charge in [0.1, 0.15) is 17.2 Å². The van der Waals surface area contributed by atoms with Crippen molar-refractivity contribution in [2.45, 2.75) is 6.42 Å². The van der Waals surface area contributed by atoms with E-state index < -0.39 is 0 Å². The minimum atomic E-state index is 0.739. The van der Waals surface area contributed by atoms with Crippen LogP contribution in [-0.4, -0.2) is 10.3 Å². The number of hydrogen-bond acceptors (Lipinski definition) is 3. The van der Waals surface area contributed by atoms with E-state index in [0.717, 1.165) is 51.7 Å². The highest BCUT2D eigenvalue weighted by Crippen LogP contribution is 2.46. The highest BCUT2D eigenvalue weighted by molar-refractivity contribution is 9.09. The van der Waals surface area contributed by atoms with Gasteiger partial charge in [0.2, 0.25) is 0 Å². The van der Waals surface area contributed by atoms with Crippen LogP contribution in [0.25, 0.3) is 22.6 Å². The average molecular weight is 342 g/mol. The van der Waals surface area contributed by atoms with Crippen molar-refractivity contribution in [3.8, 4) is 34.1 Å². The van der Waals surface area contributed by atoms with Gasteiger partial charge < -0.3 is 9.15 Å². The molecule has 4 heteroatoms. The van der Waals surface area contributed by atoms with Gasteiger partial charge in [0.05, 0.1) is 5.56 Å². The summed E-state index contributed by atoms with van der Waals surface area (Å²) >= 11 is 3.43. The minimum absolute atomic E-state index is 0.739. The molecule has 0 atom stereocenters. The number of para-hydroxylation sites is 2. The van der Waals surface area contributed by atoms with Crippen LogP contribution in [0.5, 0.6) is 11.5 Å². The summed E-state index contributed by atoms with van der Waals surface area (Å²) in [5.74, 6) is 3.13. The number of alkyl halides is 1. The molecule has 0 saturated carbocycles. The lowest BCUT2D eigenvalue weighted by molar-refractivity contribution is 0.480. The lowest BCUT2D eigenvalue weighted by Gasteiger charge is -2.07. The molecule has 2 heterocycles. The number of aryl methyl sites for hydroxylation is 1. The lowest BCUT2D eigenvalue weighted by atomic mass is 10.1. The van der Waals surface area contributed by atoms with E-state index in [2.05, 4.69) is 20.9 Å². The predicted molar refractivity (Wildman–Crippen MR) is 84.9 cm³/mol. The molecule has 0 spiro atoms. The summed E-state index contributed by atoms with van der Waals surface area (Å²) in [6.07, 6.45) is 0.762. The molecule has 104 valence electrons. The first-order chi connectivity index (χ1) is 10.4. The molecule has 3 nitrogen and oxygen atoms in total. The molecule has 0 N–H and O–H groups in total. The second-order valence-corrected chi connectivity index (χ2v) is 5.61. The van der Waals surface area contributed by atoms with Crippen molar-refractivity contribution in [1.29, 1.82) is 0 Å². The van der Waals surface area contributed by atoms with Crippen molar-refractivity contribution >= 4 is 15.9 Å². The van der Waals surface area contributed by atoms with Crippen LogP contribution in [0.2, 0.25) is 0 Å². The second-order valence-electron chi connectivity index (χ2n) is 4.82. The molecule has 0 aliphatic carbocycles. The number of aromatic nitrogens is 1. The zero-order valence-electron chi connectivity index (χ0n) is 11.2. The van der Waals surface area contributed by atoms with Gasteiger partial charge in [0.25, 0.3) is 0 Å². The van der Waals surface area contributed by atoms with Crippen LogP contribution in [0.1, 0.15) is 5.89 Å². The molecular weight excluding hydrogens is 330 g/mol. The summed E-state index contributed by atoms with van der Waals surface area (Å²) in [6.45, 7) is 0. The van der Waals surface area contributed by atoms with Gasteiger partial charge in [-0.2, -0.15) is 0 Å². The van der Waals surface area contributed by atoms with Crippen LogP contribution in [-0.2, 0) is 6.42 Å². The Labute approximate surface area is 130 Å². The Morgan fingerprint density at radius 2 is 1.57 bits per heavy atom. The number of nitrogens with zero attached hydrogens (tertiary/aromatic N) is 1. The summed E-state index contributed by atoms with van der Waals surface area (Å²) in [6, 6.07) is 15.8. The molecule has 1 aliphatic heterocycles. The molecule has 0 amide bonds. The number of oxazole rings is 1. The molecule has 1 aliphatic rings. The third-order valence-corrected chi connectivity index (χ3v) is 3.87. The molecule has 1 aromatic heterocycles. The van der Waals surface area contributed by atoms with Crippen LogP contribution in [0, 0.1) is 0 Å². The Balaban J connectivity index is 2.02. The maximum absolute atomic E-state index is 6.03. The van der Waals surface area contributed by atoms with Crippen molar-refractivity contribution in [3.63, 3.8) is 0 Å². The molecule has 0 radical (unpaired) electrons. The fourth-order valence-corrected chi connectivity index (χ4v) is 2.87. The van der Waals surface area contributed by atoms with Gasteiger partial charge in [-0.3, -0.25) is 0 Å². The Morgan fingerprint density at radius 3 is 2.33 bits per heavy atom. The zero-order valence-corrected chi connectivity index (χ0v) is 12.8. The summed E-state index contributed by atoms with van der Waals surface area (Å²) in [5, 5.41) is 0.826. The van der Waals surface area contributed by atoms with E-state index in [1.54, 1.807) is 0 Å². The van der Waals surface area contributed by atoms with E-state index in [4.69, 9.17) is 9.15 Å². The summed E-state index contributed by atoms with van der Waals surface area (Å²) in [7, 11) is 0. The Bertz CT molecular complexity index is 747. The zero-order chi connectivity index (χ0) is 14.2. The topological polar surface area (TPSA) is 35.3 Å². The lowest BCUT2D eigenvalue weighted by Crippen LogP contribution is -1.88. The van der Waals surface area contributed by atoms with Gasteiger partial charge in [0.15, 0.2) is 11.7 Å². The summed E-state index contributed by atoms with van der Waals surface area (Å²) < 4.78 is 12.0. The molecule has 3 aromatic rings. The van der Waals surface area contributed by atoms with Gasteiger partial charge in [-0.25, -0.2) is 4.98 Å². The monoisotopic (exact) mass is 341 g/mol. The highest BCUT2D eigenvalue weighted by atomic mass is 79.9. The van der Waals surface area contributed by atoms with Gasteiger partial charge in [-0.05, 0) is 24.3 Å². The van der Waals surface area contributed by atoms with Crippen LogP contribution >= 0.6 is 15.9 Å². The average Bonchev–Trinajstić information content (AvgIpc) is 2.87. The largest absolute Gasteiger partial charge is 0.456 e. The van der Waals surface area contributed by atoms with Crippen molar-refractivity contribution in [2.75, 3.05) is 5.33 Å². The molecular formula is C17H12BrNO2. The number of fused-ring (bicyclic) bond motifs is 5. The highest BCUT2D eigenvalue weighted by Gasteiger charge is 2.25. The third kappa shape index (κ3) is 2.07. The number of rotatable bonds is 2. The maximum atomic E-state index is 6.03. The molecule has 0 unspecified atom stereocenters. The van der Waals surface area contributed by atoms with Crippen LogP contribution in [0.3, 0.4) is 0 Å². The summed E-state index contributed by atoms with van der Waals surface area (Å²) in [4.78, 5) is 4.66. The minimum Gasteiger partial charge on any atom is -0.456 e. The van der Waals surface area contributed by atoms with Crippen LogP contribution in [0.4, 0.5) is 0 Å². The van der Waals surface area contributed by atoms with Gasteiger partial charge >= 0.3 is 0 Å². The van der Waals surface area contributed by atoms with Crippen molar-refractivity contribution < 1.29 is 9.15 Å². The van der Waals surface area contributed by atoms with Crippen molar-refractivity contribution in [1.82, 2.24) is 4.98 Å². The van der Waals surface area contributed by atoms with E-state index in [1.165, 1.54) is 0 Å². The van der Waals surface area contributed by atoms with E-state index >= 15 is 0 Å². The number of halogens is 1. The number of hydrogen-bond donors (Lipinski definition) is 0. The first kappa shape index (κ1) is 12.7. The van der Waals surface area contributed by atoms with Crippen LogP contribution in [0.15, 0.2) is 52.9 Å². The maximum Gasteiger partial charge on any atom is 0.196 e. The molecule has 0 fully saturated rings. The van der Waals surface area contributed by atoms with Gasteiger partial charge in [-0.1, -0.05) is 40.2 Å². The molecule has 2 aromatic carbocycles. The normalized spacial score (nSPS) is 11.9. The van der Waals surface area contributed by atoms with Crippen LogP contribution < -0.4 is 4.74 Å². The quantitative estimate of drug-likeness (QED) is 0.478. The molecule has 0 bridgehead atoms. The number of ether oxygens (including phenoxy) is 1. The van der Waals surface area contributed by atoms with Crippen molar-refractivity contribution in [3.05, 3.63) is 54.4 Å². The van der Waals surface area contributed by atoms with E-state index in [1.807, 2.05) is 48.5 Å². The molecule has 0 saturated heterocycles. The molecule has 4 rings (SSSR count). The van der Waals surface area contributed by atoms with E-state index in [-0.39, 0.29) is 0 Å². The van der Waals surface area contributed by atoms with Gasteiger partial charge in [-0.15, -0.1) is 0 Å². The van der Waals surface area contributed by atoms with E-state index in [0.29, 0.717) is 0 Å². The smallest absolute Gasteiger partial charge is 0.196 e. The van der Waals surface area contributed by atoms with E-state index in [9.17, 15) is 0 Å². The fourth-order valence-electron chi connectivity index (χ4n) is 2.53. The first-order valence-electron chi connectivity index (χ1n) is 6.79. The fraction of sp³-hybridized carbons (Fsp3) is 0.118. The number of benzene rings is 2. The van der Waals surface area contributed by atoms with Crippen molar-refractivity contribution in [2.24, 2.45) is 0 Å². The molecule has 21 heavy (non-hydrogen) atoms. The SMILES string of the molecule is BrCCc1nc2c(o1)-c1ccccc1Oc1ccccc1-2. The first-order valence-corrected chi connectivity index (χ1v) is 7.91. The second kappa shape index (κ2) is 5.04. The standard InChI is InChI=1S/C17H12BrNO2/c18-10-9-15-19-16-11-5-1-3-7-13(11)20-14-8-4-2-6-12(14)17(16)21-15/h1-8H,9-10H2. The summed E-state index contributed by atoms with van der Waals surface area (Å²) in [5.41, 5.74) is 2.76. The van der Waals surface area contributed by atoms with Gasteiger partial charge in [0, 0.05) is 17.3 Å². The Morgan fingerprint density at radius 1 is 0.905 bits per heavy atom. The Kier molecular flexibility index (Phi) is 3.04. The third-order valence-electron chi connectivity index (χ3n) is 3.47.